The number of nitrogens with two attached hydrogens (primary N) is 1. The lowest BCUT2D eigenvalue weighted by Gasteiger charge is -2.26. The zero-order valence-electron chi connectivity index (χ0n) is 12.4. The van der Waals surface area contributed by atoms with Gasteiger partial charge in [0.15, 0.2) is 0 Å². The topological polar surface area (TPSA) is 92.9 Å². The standard InChI is InChI=1S/C15H20N2O4/c1-15(2,3)21-14(20)17-8-7-9-5-4-6-10(12(9)17)11(16)13(18)19/h4-6,11H,7-8,16H2,1-3H3,(H,18,19). The van der Waals surface area contributed by atoms with Crippen molar-refractivity contribution in [1.29, 1.82) is 0 Å². The smallest absolute Gasteiger partial charge is 0.414 e. The molecule has 0 radical (unpaired) electrons. The van der Waals surface area contributed by atoms with Crippen LogP contribution in [0.3, 0.4) is 0 Å². The van der Waals surface area contributed by atoms with Gasteiger partial charge in [0, 0.05) is 12.1 Å². The van der Waals surface area contributed by atoms with Gasteiger partial charge in [-0.2, -0.15) is 0 Å². The van der Waals surface area contributed by atoms with Gasteiger partial charge >= 0.3 is 12.1 Å². The lowest BCUT2D eigenvalue weighted by molar-refractivity contribution is -0.138. The van der Waals surface area contributed by atoms with Crippen LogP contribution in [0.5, 0.6) is 0 Å². The van der Waals surface area contributed by atoms with E-state index in [1.54, 1.807) is 32.9 Å². The number of nitrogens with zero attached hydrogens (tertiary/aromatic N) is 1. The van der Waals surface area contributed by atoms with Crippen LogP contribution in [0.4, 0.5) is 10.5 Å². The van der Waals surface area contributed by atoms with Crippen LogP contribution in [0.15, 0.2) is 18.2 Å². The number of benzene rings is 1. The summed E-state index contributed by atoms with van der Waals surface area (Å²) in [5.74, 6) is -1.13. The van der Waals surface area contributed by atoms with Gasteiger partial charge in [0.2, 0.25) is 0 Å². The van der Waals surface area contributed by atoms with Crippen molar-refractivity contribution in [3.05, 3.63) is 29.3 Å². The summed E-state index contributed by atoms with van der Waals surface area (Å²) in [6.07, 6.45) is 0.181. The molecule has 0 saturated carbocycles. The molecule has 1 amide bonds. The molecule has 6 nitrogen and oxygen atoms in total. The highest BCUT2D eigenvalue weighted by molar-refractivity contribution is 5.93. The lowest BCUT2D eigenvalue weighted by atomic mass is 10.0. The molecule has 1 aromatic carbocycles. The first-order chi connectivity index (χ1) is 9.70. The third-order valence-electron chi connectivity index (χ3n) is 3.24. The molecule has 1 atom stereocenters. The maximum absolute atomic E-state index is 12.3. The van der Waals surface area contributed by atoms with Crippen LogP contribution in [0.2, 0.25) is 0 Å². The second-order valence-electron chi connectivity index (χ2n) is 6.05. The third-order valence-corrected chi connectivity index (χ3v) is 3.24. The summed E-state index contributed by atoms with van der Waals surface area (Å²) in [4.78, 5) is 24.9. The van der Waals surface area contributed by atoms with E-state index >= 15 is 0 Å². The maximum atomic E-state index is 12.3. The predicted octanol–water partition coefficient (Wildman–Crippen LogP) is 2.07. The highest BCUT2D eigenvalue weighted by atomic mass is 16.6. The number of anilines is 1. The van der Waals surface area contributed by atoms with Crippen LogP contribution >= 0.6 is 0 Å². The average Bonchev–Trinajstić information content (AvgIpc) is 2.79. The fourth-order valence-corrected chi connectivity index (χ4v) is 2.37. The Balaban J connectivity index is 2.38. The van der Waals surface area contributed by atoms with Gasteiger partial charge in [0.1, 0.15) is 11.6 Å². The molecule has 6 heteroatoms. The fourth-order valence-electron chi connectivity index (χ4n) is 2.37. The van der Waals surface area contributed by atoms with Crippen molar-refractivity contribution in [3.63, 3.8) is 0 Å². The van der Waals surface area contributed by atoms with Crippen molar-refractivity contribution in [2.24, 2.45) is 5.73 Å². The number of carbonyl (C=O) groups is 2. The normalized spacial score (nSPS) is 15.5. The highest BCUT2D eigenvalue weighted by Gasteiger charge is 2.33. The Morgan fingerprint density at radius 2 is 2.05 bits per heavy atom. The van der Waals surface area contributed by atoms with Crippen LogP contribution in [0.25, 0.3) is 0 Å². The first kappa shape index (κ1) is 15.3. The Morgan fingerprint density at radius 1 is 1.38 bits per heavy atom. The van der Waals surface area contributed by atoms with E-state index in [0.717, 1.165) is 5.56 Å². The number of ether oxygens (including phenoxy) is 1. The first-order valence-corrected chi connectivity index (χ1v) is 6.81. The fraction of sp³-hybridized carbons (Fsp3) is 0.467. The molecule has 0 aromatic heterocycles. The summed E-state index contributed by atoms with van der Waals surface area (Å²) in [6.45, 7) is 5.83. The number of carboxylic acid groups (broad SMARTS) is 1. The molecule has 1 aromatic rings. The van der Waals surface area contributed by atoms with E-state index < -0.39 is 23.7 Å². The van der Waals surface area contributed by atoms with Gasteiger partial charge in [-0.1, -0.05) is 18.2 Å². The molecule has 114 valence electrons. The molecule has 0 spiro atoms. The minimum atomic E-state index is -1.16. The van der Waals surface area contributed by atoms with Crippen LogP contribution in [-0.4, -0.2) is 29.3 Å². The number of carboxylic acids is 1. The number of fused-ring (bicyclic) bond motifs is 1. The lowest BCUT2D eigenvalue weighted by Crippen LogP contribution is -2.36. The van der Waals surface area contributed by atoms with Crippen molar-refractivity contribution < 1.29 is 19.4 Å². The number of amides is 1. The minimum absolute atomic E-state index is 0.434. The van der Waals surface area contributed by atoms with Crippen molar-refractivity contribution in [3.8, 4) is 0 Å². The van der Waals surface area contributed by atoms with E-state index in [9.17, 15) is 9.59 Å². The summed E-state index contributed by atoms with van der Waals surface area (Å²) in [7, 11) is 0. The molecule has 0 fully saturated rings. The van der Waals surface area contributed by atoms with Crippen LogP contribution < -0.4 is 10.6 Å². The number of carbonyl (C=O) groups excluding carboxylic acids is 1. The second-order valence-corrected chi connectivity index (χ2v) is 6.05. The van der Waals surface area contributed by atoms with E-state index in [1.807, 2.05) is 6.07 Å². The summed E-state index contributed by atoms with van der Waals surface area (Å²) < 4.78 is 5.37. The molecule has 1 unspecified atom stereocenters. The molecule has 2 rings (SSSR count). The molecular formula is C15H20N2O4. The van der Waals surface area contributed by atoms with Gasteiger partial charge in [-0.3, -0.25) is 9.69 Å². The van der Waals surface area contributed by atoms with Crippen molar-refractivity contribution in [2.75, 3.05) is 11.4 Å². The highest BCUT2D eigenvalue weighted by Crippen LogP contribution is 2.35. The third kappa shape index (κ3) is 3.16. The summed E-state index contributed by atoms with van der Waals surface area (Å²) in [6, 6.07) is 4.11. The maximum Gasteiger partial charge on any atom is 0.414 e. The van der Waals surface area contributed by atoms with Gasteiger partial charge in [-0.25, -0.2) is 4.79 Å². The summed E-state index contributed by atoms with van der Waals surface area (Å²) in [5.41, 5.74) is 7.03. The number of hydrogen-bond acceptors (Lipinski definition) is 4. The monoisotopic (exact) mass is 292 g/mol. The Morgan fingerprint density at radius 3 is 2.62 bits per heavy atom. The molecule has 0 saturated heterocycles. The minimum Gasteiger partial charge on any atom is -0.480 e. The van der Waals surface area contributed by atoms with E-state index in [2.05, 4.69) is 0 Å². The van der Waals surface area contributed by atoms with Crippen LogP contribution in [0.1, 0.15) is 37.9 Å². The van der Waals surface area contributed by atoms with E-state index in [-0.39, 0.29) is 0 Å². The van der Waals surface area contributed by atoms with Crippen molar-refractivity contribution in [2.45, 2.75) is 38.8 Å². The molecule has 1 heterocycles. The van der Waals surface area contributed by atoms with Gasteiger partial charge < -0.3 is 15.6 Å². The Labute approximate surface area is 123 Å². The Kier molecular flexibility index (Phi) is 3.91. The van der Waals surface area contributed by atoms with Gasteiger partial charge in [0.25, 0.3) is 0 Å². The summed E-state index contributed by atoms with van der Waals surface area (Å²) >= 11 is 0. The predicted molar refractivity (Wildman–Crippen MR) is 78.3 cm³/mol. The van der Waals surface area contributed by atoms with E-state index in [4.69, 9.17) is 15.6 Å². The van der Waals surface area contributed by atoms with Crippen molar-refractivity contribution in [1.82, 2.24) is 0 Å². The molecule has 0 bridgehead atoms. The van der Waals surface area contributed by atoms with Crippen LogP contribution in [-0.2, 0) is 16.0 Å². The number of hydrogen-bond donors (Lipinski definition) is 2. The molecule has 1 aliphatic heterocycles. The van der Waals surface area contributed by atoms with Gasteiger partial charge in [0.05, 0.1) is 5.69 Å². The van der Waals surface area contributed by atoms with Gasteiger partial charge in [-0.05, 0) is 32.8 Å². The van der Waals surface area contributed by atoms with Gasteiger partial charge in [-0.15, -0.1) is 0 Å². The molecular weight excluding hydrogens is 272 g/mol. The second kappa shape index (κ2) is 5.37. The van der Waals surface area contributed by atoms with Crippen molar-refractivity contribution >= 4 is 17.7 Å². The van der Waals surface area contributed by atoms with E-state index in [1.165, 1.54) is 4.90 Å². The quantitative estimate of drug-likeness (QED) is 0.870. The molecule has 21 heavy (non-hydrogen) atoms. The summed E-state index contributed by atoms with van der Waals surface area (Å²) in [5, 5.41) is 9.12. The number of rotatable bonds is 2. The SMILES string of the molecule is CC(C)(C)OC(=O)N1CCc2cccc(C(N)C(=O)O)c21. The number of aliphatic carboxylic acids is 1. The molecule has 1 aliphatic rings. The first-order valence-electron chi connectivity index (χ1n) is 6.81. The Bertz CT molecular complexity index is 578. The molecule has 3 N–H and O–H groups in total. The average molecular weight is 292 g/mol. The van der Waals surface area contributed by atoms with Crippen LogP contribution in [0, 0.1) is 0 Å². The Hall–Kier alpha value is -2.08. The molecule has 0 aliphatic carbocycles. The zero-order chi connectivity index (χ0) is 15.8. The van der Waals surface area contributed by atoms with E-state index in [0.29, 0.717) is 24.2 Å². The zero-order valence-corrected chi connectivity index (χ0v) is 12.4. The largest absolute Gasteiger partial charge is 0.480 e. The number of para-hydroxylation sites is 1.